The van der Waals surface area contributed by atoms with Crippen molar-refractivity contribution in [2.24, 2.45) is 0 Å². The van der Waals surface area contributed by atoms with Crippen LogP contribution in [0.3, 0.4) is 0 Å². The molecule has 100 valence electrons. The maximum atomic E-state index is 12.0. The number of phenols is 2. The molecule has 1 amide bonds. The van der Waals surface area contributed by atoms with Gasteiger partial charge in [-0.05, 0) is 31.2 Å². The Morgan fingerprint density at radius 3 is 2.53 bits per heavy atom. The molecule has 2 aromatic rings. The molecule has 3 N–H and O–H groups in total. The molecule has 0 aliphatic rings. The van der Waals surface area contributed by atoms with Crippen LogP contribution < -0.4 is 5.32 Å². The average Bonchev–Trinajstić information content (AvgIpc) is 2.81. The summed E-state index contributed by atoms with van der Waals surface area (Å²) in [6.45, 7) is 1.82. The number of carbonyl (C=O) groups is 1. The molecule has 0 bridgehead atoms. The first-order chi connectivity index (χ1) is 9.08. The smallest absolute Gasteiger partial charge is 0.259 e. The summed E-state index contributed by atoms with van der Waals surface area (Å²) in [4.78, 5) is 12.0. The molecule has 1 atom stereocenters. The molecule has 0 radical (unpaired) electrons. The molecule has 1 aromatic heterocycles. The summed E-state index contributed by atoms with van der Waals surface area (Å²) in [5, 5.41) is 21.9. The van der Waals surface area contributed by atoms with Crippen molar-refractivity contribution in [1.29, 1.82) is 0 Å². The van der Waals surface area contributed by atoms with Crippen LogP contribution in [0, 0.1) is 0 Å². The molecular formula is C14H15NO4. The minimum Gasteiger partial charge on any atom is -0.507 e. The zero-order valence-electron chi connectivity index (χ0n) is 10.5. The first kappa shape index (κ1) is 13.0. The maximum Gasteiger partial charge on any atom is 0.259 e. The van der Waals surface area contributed by atoms with Gasteiger partial charge in [0.1, 0.15) is 22.8 Å². The summed E-state index contributed by atoms with van der Waals surface area (Å²) in [6, 6.07) is 7.59. The largest absolute Gasteiger partial charge is 0.507 e. The van der Waals surface area contributed by atoms with E-state index in [4.69, 9.17) is 4.42 Å². The van der Waals surface area contributed by atoms with Gasteiger partial charge in [0.2, 0.25) is 0 Å². The van der Waals surface area contributed by atoms with Crippen molar-refractivity contribution in [1.82, 2.24) is 5.32 Å². The van der Waals surface area contributed by atoms with E-state index in [1.807, 2.05) is 13.0 Å². The Balaban J connectivity index is 2.04. The van der Waals surface area contributed by atoms with Crippen LogP contribution >= 0.6 is 0 Å². The van der Waals surface area contributed by atoms with Crippen LogP contribution in [0.1, 0.15) is 23.0 Å². The highest BCUT2D eigenvalue weighted by Crippen LogP contribution is 2.26. The number of nitrogens with one attached hydrogen (secondary N) is 1. The molecule has 1 aromatic carbocycles. The highest BCUT2D eigenvalue weighted by atomic mass is 16.3. The van der Waals surface area contributed by atoms with Crippen molar-refractivity contribution in [2.75, 3.05) is 0 Å². The van der Waals surface area contributed by atoms with Gasteiger partial charge in [0.15, 0.2) is 0 Å². The van der Waals surface area contributed by atoms with Crippen LogP contribution in [0.5, 0.6) is 11.5 Å². The monoisotopic (exact) mass is 261 g/mol. The summed E-state index contributed by atoms with van der Waals surface area (Å²) in [5.74, 6) is -0.255. The van der Waals surface area contributed by atoms with E-state index in [0.717, 1.165) is 5.76 Å². The lowest BCUT2D eigenvalue weighted by molar-refractivity contribution is 0.0934. The Bertz CT molecular complexity index is 543. The summed E-state index contributed by atoms with van der Waals surface area (Å²) in [5.41, 5.74) is -0.117. The predicted octanol–water partition coefficient (Wildman–Crippen LogP) is 2.05. The Labute approximate surface area is 110 Å². The van der Waals surface area contributed by atoms with Crippen molar-refractivity contribution < 1.29 is 19.4 Å². The molecule has 0 saturated carbocycles. The second-order valence-electron chi connectivity index (χ2n) is 4.33. The quantitative estimate of drug-likeness (QED) is 0.786. The van der Waals surface area contributed by atoms with Gasteiger partial charge in [-0.1, -0.05) is 6.07 Å². The molecule has 1 unspecified atom stereocenters. The zero-order valence-corrected chi connectivity index (χ0v) is 10.5. The molecule has 0 spiro atoms. The van der Waals surface area contributed by atoms with Gasteiger partial charge in [0.25, 0.3) is 5.91 Å². The molecule has 5 nitrogen and oxygen atoms in total. The topological polar surface area (TPSA) is 82.7 Å². The zero-order chi connectivity index (χ0) is 13.8. The molecule has 2 rings (SSSR count). The van der Waals surface area contributed by atoms with Crippen molar-refractivity contribution in [3.63, 3.8) is 0 Å². The van der Waals surface area contributed by atoms with Gasteiger partial charge in [-0.25, -0.2) is 0 Å². The number of hydrogen-bond acceptors (Lipinski definition) is 4. The Kier molecular flexibility index (Phi) is 3.75. The van der Waals surface area contributed by atoms with E-state index in [0.29, 0.717) is 6.42 Å². The Morgan fingerprint density at radius 1 is 1.26 bits per heavy atom. The molecule has 0 aliphatic heterocycles. The number of rotatable bonds is 4. The number of amides is 1. The second-order valence-corrected chi connectivity index (χ2v) is 4.33. The van der Waals surface area contributed by atoms with E-state index >= 15 is 0 Å². The summed E-state index contributed by atoms with van der Waals surface area (Å²) >= 11 is 0. The van der Waals surface area contributed by atoms with Gasteiger partial charge in [-0.2, -0.15) is 0 Å². The molecule has 5 heteroatoms. The molecule has 0 aliphatic carbocycles. The van der Waals surface area contributed by atoms with Gasteiger partial charge >= 0.3 is 0 Å². The van der Waals surface area contributed by atoms with E-state index in [-0.39, 0.29) is 23.1 Å². The van der Waals surface area contributed by atoms with E-state index in [1.165, 1.54) is 18.2 Å². The van der Waals surface area contributed by atoms with E-state index in [9.17, 15) is 15.0 Å². The van der Waals surface area contributed by atoms with Crippen LogP contribution in [-0.4, -0.2) is 22.2 Å². The number of aromatic hydroxyl groups is 2. The van der Waals surface area contributed by atoms with Crippen molar-refractivity contribution in [3.05, 3.63) is 47.9 Å². The molecule has 0 fully saturated rings. The number of furan rings is 1. The lowest BCUT2D eigenvalue weighted by Crippen LogP contribution is -2.34. The molecular weight excluding hydrogens is 246 g/mol. The van der Waals surface area contributed by atoms with Crippen LogP contribution in [0.4, 0.5) is 0 Å². The van der Waals surface area contributed by atoms with E-state index in [1.54, 1.807) is 12.3 Å². The van der Waals surface area contributed by atoms with E-state index < -0.39 is 5.91 Å². The fraction of sp³-hybridized carbons (Fsp3) is 0.214. The van der Waals surface area contributed by atoms with Crippen molar-refractivity contribution in [3.8, 4) is 11.5 Å². The third-order valence-electron chi connectivity index (χ3n) is 2.71. The number of hydrogen-bond donors (Lipinski definition) is 3. The van der Waals surface area contributed by atoms with Gasteiger partial charge in [-0.3, -0.25) is 4.79 Å². The van der Waals surface area contributed by atoms with E-state index in [2.05, 4.69) is 5.32 Å². The minimum absolute atomic E-state index is 0.117. The fourth-order valence-electron chi connectivity index (χ4n) is 1.84. The summed E-state index contributed by atoms with van der Waals surface area (Å²) in [6.07, 6.45) is 2.10. The predicted molar refractivity (Wildman–Crippen MR) is 69.1 cm³/mol. The number of benzene rings is 1. The highest BCUT2D eigenvalue weighted by Gasteiger charge is 2.18. The fourth-order valence-corrected chi connectivity index (χ4v) is 1.84. The third-order valence-corrected chi connectivity index (χ3v) is 2.71. The van der Waals surface area contributed by atoms with Gasteiger partial charge in [-0.15, -0.1) is 0 Å². The number of phenolic OH excluding ortho intramolecular Hbond substituents is 2. The second kappa shape index (κ2) is 5.48. The van der Waals surface area contributed by atoms with Crippen LogP contribution in [0.25, 0.3) is 0 Å². The van der Waals surface area contributed by atoms with Crippen LogP contribution in [-0.2, 0) is 6.42 Å². The van der Waals surface area contributed by atoms with Gasteiger partial charge in [0.05, 0.1) is 6.26 Å². The Hall–Kier alpha value is -2.43. The van der Waals surface area contributed by atoms with Crippen LogP contribution in [0.2, 0.25) is 0 Å². The minimum atomic E-state index is -0.519. The summed E-state index contributed by atoms with van der Waals surface area (Å²) in [7, 11) is 0. The van der Waals surface area contributed by atoms with Crippen LogP contribution in [0.15, 0.2) is 41.0 Å². The molecule has 0 saturated heterocycles. The lowest BCUT2D eigenvalue weighted by Gasteiger charge is -2.13. The normalized spacial score (nSPS) is 12.1. The van der Waals surface area contributed by atoms with Gasteiger partial charge in [0, 0.05) is 12.5 Å². The molecule has 19 heavy (non-hydrogen) atoms. The molecule has 1 heterocycles. The average molecular weight is 261 g/mol. The standard InChI is InChI=1S/C14H15NO4/c1-9(8-10-4-3-7-19-10)15-14(18)13-11(16)5-2-6-12(13)17/h2-7,9,16-17H,8H2,1H3,(H,15,18). The third kappa shape index (κ3) is 3.07. The number of carbonyl (C=O) groups excluding carboxylic acids is 1. The summed E-state index contributed by atoms with van der Waals surface area (Å²) < 4.78 is 5.19. The van der Waals surface area contributed by atoms with Crippen molar-refractivity contribution in [2.45, 2.75) is 19.4 Å². The SMILES string of the molecule is CC(Cc1ccco1)NC(=O)c1c(O)cccc1O. The first-order valence-corrected chi connectivity index (χ1v) is 5.92. The Morgan fingerprint density at radius 2 is 1.95 bits per heavy atom. The van der Waals surface area contributed by atoms with Gasteiger partial charge < -0.3 is 19.9 Å². The maximum absolute atomic E-state index is 12.0. The van der Waals surface area contributed by atoms with Crippen molar-refractivity contribution >= 4 is 5.91 Å². The first-order valence-electron chi connectivity index (χ1n) is 5.92. The lowest BCUT2D eigenvalue weighted by atomic mass is 10.1. The highest BCUT2D eigenvalue weighted by molar-refractivity contribution is 5.99.